The monoisotopic (exact) mass is 263 g/mol. The molecule has 0 aliphatic carbocycles. The molecule has 0 aromatic carbocycles. The van der Waals surface area contributed by atoms with Gasteiger partial charge in [-0.15, -0.1) is 0 Å². The SMILES string of the molecule is CCC(N)(CC)c1noc(-c2c(C)oc(C)c2C)n1. The lowest BCUT2D eigenvalue weighted by molar-refractivity contribution is 0.350. The van der Waals surface area contributed by atoms with Crippen molar-refractivity contribution in [3.05, 3.63) is 22.9 Å². The molecule has 0 saturated heterocycles. The quantitative estimate of drug-likeness (QED) is 0.916. The molecule has 2 rings (SSSR count). The standard InChI is InChI=1S/C14H21N3O2/c1-6-14(15,7-2)13-16-12(19-17-13)11-8(3)9(4)18-10(11)5/h6-7,15H2,1-5H3. The fourth-order valence-corrected chi connectivity index (χ4v) is 2.20. The lowest BCUT2D eigenvalue weighted by atomic mass is 9.93. The summed E-state index contributed by atoms with van der Waals surface area (Å²) < 4.78 is 11.0. The lowest BCUT2D eigenvalue weighted by Crippen LogP contribution is -2.36. The summed E-state index contributed by atoms with van der Waals surface area (Å²) in [6.45, 7) is 9.86. The van der Waals surface area contributed by atoms with E-state index in [9.17, 15) is 0 Å². The van der Waals surface area contributed by atoms with Gasteiger partial charge in [0.1, 0.15) is 11.5 Å². The number of rotatable bonds is 4. The zero-order valence-corrected chi connectivity index (χ0v) is 12.2. The Morgan fingerprint density at radius 2 is 1.74 bits per heavy atom. The first kappa shape index (κ1) is 13.8. The van der Waals surface area contributed by atoms with Gasteiger partial charge in [-0.3, -0.25) is 0 Å². The van der Waals surface area contributed by atoms with Gasteiger partial charge in [0.05, 0.1) is 11.1 Å². The topological polar surface area (TPSA) is 78.1 Å². The normalized spacial score (nSPS) is 12.1. The van der Waals surface area contributed by atoms with Crippen LogP contribution in [-0.4, -0.2) is 10.1 Å². The first-order chi connectivity index (χ1) is 8.92. The molecule has 0 aliphatic heterocycles. The number of aromatic nitrogens is 2. The Balaban J connectivity index is 2.47. The summed E-state index contributed by atoms with van der Waals surface area (Å²) in [6, 6.07) is 0. The first-order valence-corrected chi connectivity index (χ1v) is 6.63. The maximum atomic E-state index is 6.28. The summed E-state index contributed by atoms with van der Waals surface area (Å²) in [5, 5.41) is 4.05. The van der Waals surface area contributed by atoms with E-state index in [1.165, 1.54) is 0 Å². The summed E-state index contributed by atoms with van der Waals surface area (Å²) in [4.78, 5) is 4.47. The Morgan fingerprint density at radius 3 is 2.21 bits per heavy atom. The van der Waals surface area contributed by atoms with Crippen molar-refractivity contribution in [2.24, 2.45) is 5.73 Å². The van der Waals surface area contributed by atoms with E-state index < -0.39 is 5.54 Å². The van der Waals surface area contributed by atoms with Gasteiger partial charge in [-0.05, 0) is 33.6 Å². The smallest absolute Gasteiger partial charge is 0.261 e. The molecule has 104 valence electrons. The molecule has 5 heteroatoms. The Bertz CT molecular complexity index is 580. The minimum Gasteiger partial charge on any atom is -0.466 e. The van der Waals surface area contributed by atoms with E-state index in [1.807, 2.05) is 34.6 Å². The predicted molar refractivity (Wildman–Crippen MR) is 72.7 cm³/mol. The first-order valence-electron chi connectivity index (χ1n) is 6.63. The second-order valence-corrected chi connectivity index (χ2v) is 5.00. The van der Waals surface area contributed by atoms with Crippen LogP contribution in [-0.2, 0) is 5.54 Å². The van der Waals surface area contributed by atoms with E-state index in [0.717, 1.165) is 35.5 Å². The van der Waals surface area contributed by atoms with Gasteiger partial charge < -0.3 is 14.7 Å². The molecule has 0 radical (unpaired) electrons. The predicted octanol–water partition coefficient (Wildman–Crippen LogP) is 3.23. The molecular weight excluding hydrogens is 242 g/mol. The Labute approximate surface area is 113 Å². The van der Waals surface area contributed by atoms with Crippen molar-refractivity contribution in [2.75, 3.05) is 0 Å². The molecule has 0 spiro atoms. The molecule has 0 unspecified atom stereocenters. The lowest BCUT2D eigenvalue weighted by Gasteiger charge is -2.21. The summed E-state index contributed by atoms with van der Waals surface area (Å²) in [5.74, 6) is 2.71. The molecule has 0 fully saturated rings. The van der Waals surface area contributed by atoms with Crippen LogP contribution in [0.4, 0.5) is 0 Å². The molecule has 2 N–H and O–H groups in total. The van der Waals surface area contributed by atoms with Crippen LogP contribution in [0.25, 0.3) is 11.5 Å². The average Bonchev–Trinajstić information content (AvgIpc) is 2.95. The molecular formula is C14H21N3O2. The highest BCUT2D eigenvalue weighted by Crippen LogP contribution is 2.32. The highest BCUT2D eigenvalue weighted by molar-refractivity contribution is 5.61. The molecule has 0 bridgehead atoms. The molecule has 0 atom stereocenters. The van der Waals surface area contributed by atoms with Crippen LogP contribution < -0.4 is 5.73 Å². The van der Waals surface area contributed by atoms with Crippen LogP contribution in [0.1, 0.15) is 49.6 Å². The third-order valence-electron chi connectivity index (χ3n) is 3.91. The van der Waals surface area contributed by atoms with E-state index in [4.69, 9.17) is 14.7 Å². The van der Waals surface area contributed by atoms with Crippen molar-refractivity contribution in [2.45, 2.75) is 53.0 Å². The van der Waals surface area contributed by atoms with Crippen molar-refractivity contribution in [1.82, 2.24) is 10.1 Å². The molecule has 0 saturated carbocycles. The van der Waals surface area contributed by atoms with Gasteiger partial charge in [-0.25, -0.2) is 0 Å². The summed E-state index contributed by atoms with van der Waals surface area (Å²) in [7, 11) is 0. The fourth-order valence-electron chi connectivity index (χ4n) is 2.20. The van der Waals surface area contributed by atoms with Crippen molar-refractivity contribution < 1.29 is 8.94 Å². The van der Waals surface area contributed by atoms with Crippen molar-refractivity contribution in [3.8, 4) is 11.5 Å². The molecule has 5 nitrogen and oxygen atoms in total. The highest BCUT2D eigenvalue weighted by Gasteiger charge is 2.30. The van der Waals surface area contributed by atoms with Gasteiger partial charge in [0, 0.05) is 5.56 Å². The van der Waals surface area contributed by atoms with Crippen LogP contribution in [0, 0.1) is 20.8 Å². The van der Waals surface area contributed by atoms with Crippen molar-refractivity contribution in [1.29, 1.82) is 0 Å². The summed E-state index contributed by atoms with van der Waals surface area (Å²) in [6.07, 6.45) is 1.54. The molecule has 2 aromatic rings. The highest BCUT2D eigenvalue weighted by atomic mass is 16.5. The number of hydrogen-bond donors (Lipinski definition) is 1. The van der Waals surface area contributed by atoms with E-state index in [-0.39, 0.29) is 0 Å². The third-order valence-corrected chi connectivity index (χ3v) is 3.91. The van der Waals surface area contributed by atoms with Crippen molar-refractivity contribution in [3.63, 3.8) is 0 Å². The number of furan rings is 1. The van der Waals surface area contributed by atoms with E-state index >= 15 is 0 Å². The van der Waals surface area contributed by atoms with Crippen LogP contribution in [0.5, 0.6) is 0 Å². The molecule has 0 amide bonds. The summed E-state index contributed by atoms with van der Waals surface area (Å²) >= 11 is 0. The van der Waals surface area contributed by atoms with E-state index in [0.29, 0.717) is 11.7 Å². The minimum absolute atomic E-state index is 0.485. The van der Waals surface area contributed by atoms with Gasteiger partial charge in [-0.2, -0.15) is 4.98 Å². The van der Waals surface area contributed by atoms with Gasteiger partial charge >= 0.3 is 0 Å². The van der Waals surface area contributed by atoms with Crippen LogP contribution >= 0.6 is 0 Å². The zero-order valence-electron chi connectivity index (χ0n) is 12.2. The van der Waals surface area contributed by atoms with Crippen LogP contribution in [0.15, 0.2) is 8.94 Å². The zero-order chi connectivity index (χ0) is 14.2. The van der Waals surface area contributed by atoms with Gasteiger partial charge in [0.15, 0.2) is 5.82 Å². The minimum atomic E-state index is -0.525. The van der Waals surface area contributed by atoms with Crippen molar-refractivity contribution >= 4 is 0 Å². The molecule has 2 aromatic heterocycles. The number of hydrogen-bond acceptors (Lipinski definition) is 5. The van der Waals surface area contributed by atoms with Gasteiger partial charge in [0.2, 0.25) is 0 Å². The van der Waals surface area contributed by atoms with Gasteiger partial charge in [0.25, 0.3) is 5.89 Å². The van der Waals surface area contributed by atoms with E-state index in [2.05, 4.69) is 10.1 Å². The molecule has 0 aliphatic rings. The maximum Gasteiger partial charge on any atom is 0.261 e. The van der Waals surface area contributed by atoms with Crippen LogP contribution in [0.3, 0.4) is 0 Å². The Kier molecular flexibility index (Phi) is 3.49. The third kappa shape index (κ3) is 2.18. The molecule has 19 heavy (non-hydrogen) atoms. The molecule has 2 heterocycles. The average molecular weight is 263 g/mol. The largest absolute Gasteiger partial charge is 0.466 e. The van der Waals surface area contributed by atoms with E-state index in [1.54, 1.807) is 0 Å². The Hall–Kier alpha value is -1.62. The Morgan fingerprint density at radius 1 is 1.11 bits per heavy atom. The van der Waals surface area contributed by atoms with Gasteiger partial charge in [-0.1, -0.05) is 19.0 Å². The number of nitrogens with two attached hydrogens (primary N) is 1. The fraction of sp³-hybridized carbons (Fsp3) is 0.571. The van der Waals surface area contributed by atoms with Crippen LogP contribution in [0.2, 0.25) is 0 Å². The maximum absolute atomic E-state index is 6.28. The number of aryl methyl sites for hydroxylation is 2. The number of nitrogens with zero attached hydrogens (tertiary/aromatic N) is 2. The second-order valence-electron chi connectivity index (χ2n) is 5.00. The second kappa shape index (κ2) is 4.81. The summed E-state index contributed by atoms with van der Waals surface area (Å²) in [5.41, 5.74) is 7.67.